The van der Waals surface area contributed by atoms with E-state index in [0.29, 0.717) is 6.54 Å². The van der Waals surface area contributed by atoms with Gasteiger partial charge in [-0.2, -0.15) is 0 Å². The monoisotopic (exact) mass is 347 g/mol. The lowest BCUT2D eigenvalue weighted by atomic mass is 10.2. The smallest absolute Gasteiger partial charge is 0.234 e. The minimum absolute atomic E-state index is 0.124. The molecule has 24 heavy (non-hydrogen) atoms. The van der Waals surface area contributed by atoms with Crippen LogP contribution in [0.1, 0.15) is 23.8 Å². The van der Waals surface area contributed by atoms with Gasteiger partial charge in [0, 0.05) is 37.6 Å². The maximum Gasteiger partial charge on any atom is 0.234 e. The molecule has 7 heteroatoms. The first-order valence-electron chi connectivity index (χ1n) is 8.54. The number of amides is 1. The Morgan fingerprint density at radius 1 is 1.25 bits per heavy atom. The molecule has 0 aromatic carbocycles. The van der Waals surface area contributed by atoms with Gasteiger partial charge in [-0.1, -0.05) is 6.92 Å². The van der Waals surface area contributed by atoms with Gasteiger partial charge in [0.2, 0.25) is 5.91 Å². The second-order valence-corrected chi connectivity index (χ2v) is 7.48. The summed E-state index contributed by atoms with van der Waals surface area (Å²) in [6, 6.07) is 0. The number of carbonyl (C=O) groups excluding carboxylic acids is 1. The Hall–Kier alpha value is -1.73. The van der Waals surface area contributed by atoms with Crippen LogP contribution in [0.4, 0.5) is 5.82 Å². The lowest BCUT2D eigenvalue weighted by Crippen LogP contribution is -2.49. The Bertz CT molecular complexity index is 721. The van der Waals surface area contributed by atoms with Gasteiger partial charge >= 0.3 is 0 Å². The third-order valence-electron chi connectivity index (χ3n) is 4.56. The Labute approximate surface area is 146 Å². The number of aromatic nitrogens is 2. The number of nitrogens with one attached hydrogen (secondary N) is 1. The molecule has 1 fully saturated rings. The Morgan fingerprint density at radius 3 is 2.71 bits per heavy atom. The van der Waals surface area contributed by atoms with Gasteiger partial charge in [0.1, 0.15) is 17.0 Å². The minimum Gasteiger partial charge on any atom is -0.355 e. The van der Waals surface area contributed by atoms with E-state index in [9.17, 15) is 4.79 Å². The summed E-state index contributed by atoms with van der Waals surface area (Å²) in [5.41, 5.74) is 1.28. The lowest BCUT2D eigenvalue weighted by Gasteiger charge is -2.35. The van der Waals surface area contributed by atoms with Crippen molar-refractivity contribution in [2.45, 2.75) is 27.2 Å². The number of thiophene rings is 1. The third-order valence-corrected chi connectivity index (χ3v) is 5.67. The van der Waals surface area contributed by atoms with Crippen molar-refractivity contribution < 1.29 is 4.79 Å². The van der Waals surface area contributed by atoms with Crippen LogP contribution in [0.25, 0.3) is 10.2 Å². The number of aryl methyl sites for hydroxylation is 2. The third kappa shape index (κ3) is 3.52. The number of hydrogen-bond donors (Lipinski definition) is 1. The highest BCUT2D eigenvalue weighted by Crippen LogP contribution is 2.34. The van der Waals surface area contributed by atoms with Crippen LogP contribution in [0.3, 0.4) is 0 Å². The second kappa shape index (κ2) is 7.44. The first-order chi connectivity index (χ1) is 11.6. The van der Waals surface area contributed by atoms with E-state index in [1.54, 1.807) is 17.7 Å². The zero-order valence-corrected chi connectivity index (χ0v) is 15.4. The van der Waals surface area contributed by atoms with Crippen molar-refractivity contribution in [1.82, 2.24) is 20.2 Å². The molecule has 1 N–H and O–H groups in total. The number of nitrogens with zero attached hydrogens (tertiary/aromatic N) is 4. The van der Waals surface area contributed by atoms with Crippen LogP contribution in [-0.4, -0.2) is 60.0 Å². The van der Waals surface area contributed by atoms with E-state index in [1.165, 1.54) is 15.8 Å². The zero-order valence-electron chi connectivity index (χ0n) is 14.6. The normalized spacial score (nSPS) is 15.9. The Kier molecular flexibility index (Phi) is 5.30. The molecule has 0 radical (unpaired) electrons. The summed E-state index contributed by atoms with van der Waals surface area (Å²) < 4.78 is 0. The van der Waals surface area contributed by atoms with Crippen molar-refractivity contribution in [3.63, 3.8) is 0 Å². The van der Waals surface area contributed by atoms with E-state index >= 15 is 0 Å². The zero-order chi connectivity index (χ0) is 17.1. The van der Waals surface area contributed by atoms with E-state index in [1.807, 2.05) is 0 Å². The van der Waals surface area contributed by atoms with Crippen LogP contribution < -0.4 is 10.2 Å². The molecule has 1 saturated heterocycles. The summed E-state index contributed by atoms with van der Waals surface area (Å²) in [6.45, 7) is 11.1. The maximum atomic E-state index is 11.9. The fourth-order valence-corrected chi connectivity index (χ4v) is 4.04. The minimum atomic E-state index is 0.124. The molecule has 0 atom stereocenters. The highest BCUT2D eigenvalue weighted by molar-refractivity contribution is 7.18. The molecule has 1 aliphatic rings. The molecule has 130 valence electrons. The summed E-state index contributed by atoms with van der Waals surface area (Å²) in [5.74, 6) is 1.16. The largest absolute Gasteiger partial charge is 0.355 e. The number of hydrogen-bond acceptors (Lipinski definition) is 6. The Morgan fingerprint density at radius 2 is 2.00 bits per heavy atom. The number of anilines is 1. The van der Waals surface area contributed by atoms with Gasteiger partial charge in [-0.25, -0.2) is 9.97 Å². The summed E-state index contributed by atoms with van der Waals surface area (Å²) in [5, 5.41) is 4.13. The van der Waals surface area contributed by atoms with Crippen molar-refractivity contribution in [2.24, 2.45) is 0 Å². The number of fused-ring (bicyclic) bond motifs is 1. The van der Waals surface area contributed by atoms with Gasteiger partial charge in [-0.3, -0.25) is 9.69 Å². The second-order valence-electron chi connectivity index (χ2n) is 6.27. The van der Waals surface area contributed by atoms with Crippen molar-refractivity contribution in [1.29, 1.82) is 0 Å². The molecular formula is C17H25N5OS. The lowest BCUT2D eigenvalue weighted by molar-refractivity contribution is -0.122. The molecule has 0 saturated carbocycles. The quantitative estimate of drug-likeness (QED) is 0.896. The molecule has 0 aliphatic carbocycles. The number of piperazine rings is 1. The molecule has 2 aromatic heterocycles. The average Bonchev–Trinajstić information content (AvgIpc) is 2.88. The molecule has 2 aromatic rings. The maximum absolute atomic E-state index is 11.9. The van der Waals surface area contributed by atoms with E-state index in [0.717, 1.165) is 49.8 Å². The van der Waals surface area contributed by atoms with Crippen LogP contribution in [-0.2, 0) is 4.79 Å². The molecule has 1 amide bonds. The van der Waals surface area contributed by atoms with Gasteiger partial charge in [-0.05, 0) is 25.8 Å². The van der Waals surface area contributed by atoms with Crippen LogP contribution in [0.5, 0.6) is 0 Å². The van der Waals surface area contributed by atoms with Crippen molar-refractivity contribution in [2.75, 3.05) is 44.2 Å². The van der Waals surface area contributed by atoms with Crippen LogP contribution in [0.2, 0.25) is 0 Å². The van der Waals surface area contributed by atoms with E-state index in [4.69, 9.17) is 0 Å². The SMILES string of the molecule is CCCNC(=O)CN1CCN(c2ncnc3sc(C)c(C)c23)CC1. The molecule has 3 heterocycles. The van der Waals surface area contributed by atoms with Crippen LogP contribution >= 0.6 is 11.3 Å². The van der Waals surface area contributed by atoms with Gasteiger partial charge < -0.3 is 10.2 Å². The highest BCUT2D eigenvalue weighted by atomic mass is 32.1. The first-order valence-corrected chi connectivity index (χ1v) is 9.36. The molecule has 0 bridgehead atoms. The van der Waals surface area contributed by atoms with E-state index < -0.39 is 0 Å². The summed E-state index contributed by atoms with van der Waals surface area (Å²) >= 11 is 1.73. The molecule has 3 rings (SSSR count). The van der Waals surface area contributed by atoms with Gasteiger partial charge in [0.25, 0.3) is 0 Å². The van der Waals surface area contributed by atoms with Crippen LogP contribution in [0.15, 0.2) is 6.33 Å². The summed E-state index contributed by atoms with van der Waals surface area (Å²) in [7, 11) is 0. The number of rotatable bonds is 5. The van der Waals surface area contributed by atoms with Crippen molar-refractivity contribution in [3.8, 4) is 0 Å². The predicted octanol–water partition coefficient (Wildman–Crippen LogP) is 1.96. The number of carbonyl (C=O) groups is 1. The van der Waals surface area contributed by atoms with Crippen molar-refractivity contribution in [3.05, 3.63) is 16.8 Å². The first kappa shape index (κ1) is 17.1. The predicted molar refractivity (Wildman–Crippen MR) is 98.8 cm³/mol. The fourth-order valence-electron chi connectivity index (χ4n) is 3.04. The molecule has 0 spiro atoms. The average molecular weight is 347 g/mol. The topological polar surface area (TPSA) is 61.4 Å². The van der Waals surface area contributed by atoms with Crippen molar-refractivity contribution >= 4 is 33.3 Å². The molecule has 0 unspecified atom stereocenters. The van der Waals surface area contributed by atoms with Gasteiger partial charge in [0.05, 0.1) is 11.9 Å². The molecular weight excluding hydrogens is 322 g/mol. The van der Waals surface area contributed by atoms with Crippen LogP contribution in [0, 0.1) is 13.8 Å². The molecule has 1 aliphatic heterocycles. The summed E-state index contributed by atoms with van der Waals surface area (Å²) in [6.07, 6.45) is 2.64. The Balaban J connectivity index is 1.66. The fraction of sp³-hybridized carbons (Fsp3) is 0.588. The van der Waals surface area contributed by atoms with E-state index in [2.05, 4.69) is 45.9 Å². The van der Waals surface area contributed by atoms with Gasteiger partial charge in [0.15, 0.2) is 0 Å². The highest BCUT2D eigenvalue weighted by Gasteiger charge is 2.23. The molecule has 6 nitrogen and oxygen atoms in total. The van der Waals surface area contributed by atoms with Gasteiger partial charge in [-0.15, -0.1) is 11.3 Å². The summed E-state index contributed by atoms with van der Waals surface area (Å²) in [4.78, 5) is 27.7. The standard InChI is InChI=1S/C17H25N5OS/c1-4-5-18-14(23)10-21-6-8-22(9-7-21)16-15-12(2)13(3)24-17(15)20-11-19-16/h11H,4-10H2,1-3H3,(H,18,23). The van der Waals surface area contributed by atoms with E-state index in [-0.39, 0.29) is 5.91 Å².